The molecule has 2 heterocycles. The van der Waals surface area contributed by atoms with Crippen LogP contribution in [0.15, 0.2) is 17.6 Å². The van der Waals surface area contributed by atoms with Crippen LogP contribution in [0.1, 0.15) is 5.01 Å². The molecule has 0 aliphatic rings. The Bertz CT molecular complexity index is 681. The van der Waals surface area contributed by atoms with E-state index < -0.39 is 0 Å². The normalized spacial score (nSPS) is 11.0. The minimum absolute atomic E-state index is 0.517. The number of halogens is 2. The Balaban J connectivity index is 1.98. The minimum atomic E-state index is 0.517. The maximum atomic E-state index is 6.18. The predicted octanol–water partition coefficient (Wildman–Crippen LogP) is 4.07. The smallest absolute Gasteiger partial charge is 0.130 e. The van der Waals surface area contributed by atoms with Crippen LogP contribution >= 0.6 is 46.3 Å². The van der Waals surface area contributed by atoms with Crippen LogP contribution in [-0.2, 0) is 6.54 Å². The number of nitrogens with zero attached hydrogens (tertiary/aromatic N) is 3. The SMILES string of the molecule is Clc1cc(Cl)c2nsnc2c1NCc1nccs1. The molecule has 4 nitrogen and oxygen atoms in total. The summed E-state index contributed by atoms with van der Waals surface area (Å²) in [6, 6.07) is 1.68. The summed E-state index contributed by atoms with van der Waals surface area (Å²) in [5, 5.41) is 7.20. The molecule has 92 valence electrons. The Morgan fingerprint density at radius 2 is 2.00 bits per heavy atom. The van der Waals surface area contributed by atoms with Gasteiger partial charge >= 0.3 is 0 Å². The summed E-state index contributed by atoms with van der Waals surface area (Å²) in [5.74, 6) is 0. The molecular weight excluding hydrogens is 311 g/mol. The van der Waals surface area contributed by atoms with Crippen LogP contribution in [0.3, 0.4) is 0 Å². The lowest BCUT2D eigenvalue weighted by atomic mass is 10.2. The van der Waals surface area contributed by atoms with Gasteiger partial charge in [0.25, 0.3) is 0 Å². The zero-order valence-electron chi connectivity index (χ0n) is 8.85. The average Bonchev–Trinajstić information content (AvgIpc) is 2.98. The monoisotopic (exact) mass is 316 g/mol. The maximum Gasteiger partial charge on any atom is 0.130 e. The Labute approximate surface area is 121 Å². The van der Waals surface area contributed by atoms with Crippen LogP contribution in [0.5, 0.6) is 0 Å². The van der Waals surface area contributed by atoms with Gasteiger partial charge in [-0.3, -0.25) is 0 Å². The summed E-state index contributed by atoms with van der Waals surface area (Å²) in [6.07, 6.45) is 1.77. The number of hydrogen-bond acceptors (Lipinski definition) is 6. The Morgan fingerprint density at radius 3 is 2.78 bits per heavy atom. The van der Waals surface area contributed by atoms with Crippen molar-refractivity contribution in [2.75, 3.05) is 5.32 Å². The second kappa shape index (κ2) is 4.97. The van der Waals surface area contributed by atoms with Crippen LogP contribution in [0.2, 0.25) is 10.0 Å². The van der Waals surface area contributed by atoms with Crippen molar-refractivity contribution in [1.29, 1.82) is 0 Å². The largest absolute Gasteiger partial charge is 0.375 e. The third-order valence-corrected chi connectivity index (χ3v) is 4.24. The van der Waals surface area contributed by atoms with E-state index in [0.717, 1.165) is 22.4 Å². The average molecular weight is 317 g/mol. The molecule has 0 unspecified atom stereocenters. The number of thiazole rings is 1. The summed E-state index contributed by atoms with van der Waals surface area (Å²) in [6.45, 7) is 0.603. The highest BCUT2D eigenvalue weighted by Gasteiger charge is 2.13. The molecule has 0 radical (unpaired) electrons. The van der Waals surface area contributed by atoms with E-state index in [9.17, 15) is 0 Å². The van der Waals surface area contributed by atoms with E-state index in [4.69, 9.17) is 23.2 Å². The van der Waals surface area contributed by atoms with Gasteiger partial charge in [0.15, 0.2) is 0 Å². The predicted molar refractivity (Wildman–Crippen MR) is 76.9 cm³/mol. The summed E-state index contributed by atoms with van der Waals surface area (Å²) in [7, 11) is 0. The van der Waals surface area contributed by atoms with Gasteiger partial charge in [0.05, 0.1) is 34.0 Å². The zero-order valence-corrected chi connectivity index (χ0v) is 12.0. The highest BCUT2D eigenvalue weighted by atomic mass is 35.5. The van der Waals surface area contributed by atoms with Crippen molar-refractivity contribution in [1.82, 2.24) is 13.7 Å². The van der Waals surface area contributed by atoms with Crippen LogP contribution in [0, 0.1) is 0 Å². The van der Waals surface area contributed by atoms with Gasteiger partial charge in [0, 0.05) is 11.6 Å². The highest BCUT2D eigenvalue weighted by Crippen LogP contribution is 2.35. The van der Waals surface area contributed by atoms with Crippen molar-refractivity contribution in [3.05, 3.63) is 32.7 Å². The fourth-order valence-electron chi connectivity index (χ4n) is 1.55. The highest BCUT2D eigenvalue weighted by molar-refractivity contribution is 7.09. The second-order valence-corrected chi connectivity index (χ2v) is 5.78. The second-order valence-electron chi connectivity index (χ2n) is 3.46. The molecule has 0 saturated carbocycles. The van der Waals surface area contributed by atoms with Crippen LogP contribution < -0.4 is 5.32 Å². The fraction of sp³-hybridized carbons (Fsp3) is 0.100. The number of anilines is 1. The van der Waals surface area contributed by atoms with Crippen molar-refractivity contribution in [3.8, 4) is 0 Å². The lowest BCUT2D eigenvalue weighted by Gasteiger charge is -2.07. The molecular formula is C10H6Cl2N4S2. The Morgan fingerprint density at radius 1 is 1.17 bits per heavy atom. The van der Waals surface area contributed by atoms with Gasteiger partial charge in [0.2, 0.25) is 0 Å². The van der Waals surface area contributed by atoms with Gasteiger partial charge in [-0.15, -0.1) is 11.3 Å². The van der Waals surface area contributed by atoms with Crippen molar-refractivity contribution in [2.24, 2.45) is 0 Å². The van der Waals surface area contributed by atoms with Crippen molar-refractivity contribution >= 4 is 63.0 Å². The number of rotatable bonds is 3. The quantitative estimate of drug-likeness (QED) is 0.791. The molecule has 0 saturated heterocycles. The Kier molecular flexibility index (Phi) is 3.34. The fourth-order valence-corrected chi connectivity index (χ4v) is 3.28. The number of hydrogen-bond donors (Lipinski definition) is 1. The van der Waals surface area contributed by atoms with E-state index >= 15 is 0 Å². The van der Waals surface area contributed by atoms with Gasteiger partial charge in [-0.25, -0.2) is 4.98 Å². The maximum absolute atomic E-state index is 6.18. The first-order valence-corrected chi connectivity index (χ1v) is 7.35. The summed E-state index contributed by atoms with van der Waals surface area (Å²) in [5.41, 5.74) is 2.13. The number of benzene rings is 1. The van der Waals surface area contributed by atoms with Crippen molar-refractivity contribution < 1.29 is 0 Å². The van der Waals surface area contributed by atoms with Crippen molar-refractivity contribution in [3.63, 3.8) is 0 Å². The number of fused-ring (bicyclic) bond motifs is 1. The van der Waals surface area contributed by atoms with E-state index in [-0.39, 0.29) is 0 Å². The van der Waals surface area contributed by atoms with Gasteiger partial charge < -0.3 is 5.32 Å². The zero-order chi connectivity index (χ0) is 12.5. The lowest BCUT2D eigenvalue weighted by molar-refractivity contribution is 1.11. The first kappa shape index (κ1) is 12.1. The van der Waals surface area contributed by atoms with E-state index in [1.165, 1.54) is 0 Å². The first-order chi connectivity index (χ1) is 8.75. The molecule has 0 bridgehead atoms. The van der Waals surface area contributed by atoms with Gasteiger partial charge in [-0.05, 0) is 6.07 Å². The Hall–Kier alpha value is -0.950. The summed E-state index contributed by atoms with van der Waals surface area (Å²) < 4.78 is 8.37. The molecule has 18 heavy (non-hydrogen) atoms. The molecule has 0 aliphatic carbocycles. The molecule has 2 aromatic heterocycles. The molecule has 0 amide bonds. The van der Waals surface area contributed by atoms with Gasteiger partial charge in [-0.2, -0.15) is 8.75 Å². The van der Waals surface area contributed by atoms with E-state index in [1.807, 2.05) is 5.38 Å². The first-order valence-electron chi connectivity index (χ1n) is 4.98. The van der Waals surface area contributed by atoms with Crippen molar-refractivity contribution in [2.45, 2.75) is 6.54 Å². The van der Waals surface area contributed by atoms with E-state index in [2.05, 4.69) is 19.0 Å². The molecule has 3 rings (SSSR count). The summed E-state index contributed by atoms with van der Waals surface area (Å²) in [4.78, 5) is 4.20. The molecule has 0 atom stereocenters. The van der Waals surface area contributed by atoms with Crippen LogP contribution in [0.4, 0.5) is 5.69 Å². The molecule has 0 aliphatic heterocycles. The van der Waals surface area contributed by atoms with Crippen LogP contribution in [0.25, 0.3) is 11.0 Å². The molecule has 1 aromatic carbocycles. The van der Waals surface area contributed by atoms with Gasteiger partial charge in [0.1, 0.15) is 16.0 Å². The van der Waals surface area contributed by atoms with E-state index in [0.29, 0.717) is 27.6 Å². The third-order valence-electron chi connectivity index (χ3n) is 2.34. The molecule has 1 N–H and O–H groups in total. The summed E-state index contributed by atoms with van der Waals surface area (Å²) >= 11 is 14.9. The third kappa shape index (κ3) is 2.16. The number of aromatic nitrogens is 3. The molecule has 3 aromatic rings. The lowest BCUT2D eigenvalue weighted by Crippen LogP contribution is -2.00. The minimum Gasteiger partial charge on any atom is -0.375 e. The van der Waals surface area contributed by atoms with Gasteiger partial charge in [-0.1, -0.05) is 23.2 Å². The number of nitrogens with one attached hydrogen (secondary N) is 1. The topological polar surface area (TPSA) is 50.7 Å². The molecule has 0 spiro atoms. The standard InChI is InChI=1S/C10H6Cl2N4S2/c11-5-3-6(12)9-10(16-18-15-9)8(5)14-4-7-13-1-2-17-7/h1-3,14H,4H2. The molecule has 8 heteroatoms. The molecule has 0 fully saturated rings. The van der Waals surface area contributed by atoms with E-state index in [1.54, 1.807) is 23.6 Å². The van der Waals surface area contributed by atoms with Crippen LogP contribution in [-0.4, -0.2) is 13.7 Å².